The van der Waals surface area contributed by atoms with Crippen LogP contribution >= 0.6 is 0 Å². The van der Waals surface area contributed by atoms with Crippen LogP contribution < -0.4 is 5.32 Å². The van der Waals surface area contributed by atoms with Gasteiger partial charge in [-0.25, -0.2) is 19.3 Å². The Kier molecular flexibility index (Phi) is 9.85. The van der Waals surface area contributed by atoms with E-state index in [0.29, 0.717) is 17.5 Å². The summed E-state index contributed by atoms with van der Waals surface area (Å²) in [6, 6.07) is 21.6. The molecule has 1 aliphatic rings. The monoisotopic (exact) mass is 586 g/mol. The van der Waals surface area contributed by atoms with Crippen LogP contribution in [-0.4, -0.2) is 53.8 Å². The zero-order valence-electron chi connectivity index (χ0n) is 25.2. The van der Waals surface area contributed by atoms with Gasteiger partial charge in [-0.1, -0.05) is 72.3 Å². The highest BCUT2D eigenvalue weighted by Crippen LogP contribution is 2.26. The van der Waals surface area contributed by atoms with Gasteiger partial charge in [0.05, 0.1) is 17.5 Å². The first kappa shape index (κ1) is 31.3. The SMILES string of the molecule is Cc1ccc(C(=O)OCc2ccc(C(CNC(=O)OC(C)(C)C)C(=O)N3C(=O)OCC3Cc3ccccc3)cc2)c(C)c1. The third-order valence-electron chi connectivity index (χ3n) is 7.01. The minimum Gasteiger partial charge on any atom is -0.457 e. The number of amides is 3. The number of hydrogen-bond donors (Lipinski definition) is 1. The zero-order valence-corrected chi connectivity index (χ0v) is 25.2. The van der Waals surface area contributed by atoms with Gasteiger partial charge in [-0.2, -0.15) is 0 Å². The Bertz CT molecular complexity index is 1460. The highest BCUT2D eigenvalue weighted by molar-refractivity contribution is 5.97. The van der Waals surface area contributed by atoms with E-state index in [4.69, 9.17) is 14.2 Å². The third-order valence-corrected chi connectivity index (χ3v) is 7.01. The Hall–Kier alpha value is -4.66. The van der Waals surface area contributed by atoms with E-state index < -0.39 is 41.6 Å². The van der Waals surface area contributed by atoms with Gasteiger partial charge in [-0.05, 0) is 69.4 Å². The van der Waals surface area contributed by atoms with Gasteiger partial charge in [0.15, 0.2) is 0 Å². The second-order valence-electron chi connectivity index (χ2n) is 11.7. The largest absolute Gasteiger partial charge is 0.457 e. The Morgan fingerprint density at radius 2 is 1.67 bits per heavy atom. The van der Waals surface area contributed by atoms with E-state index in [1.54, 1.807) is 51.1 Å². The minimum atomic E-state index is -0.900. The van der Waals surface area contributed by atoms with Crippen molar-refractivity contribution >= 4 is 24.1 Å². The summed E-state index contributed by atoms with van der Waals surface area (Å²) in [5.41, 5.74) is 3.93. The number of rotatable bonds is 9. The molecule has 226 valence electrons. The van der Waals surface area contributed by atoms with Crippen molar-refractivity contribution in [1.82, 2.24) is 10.2 Å². The molecular weight excluding hydrogens is 548 g/mol. The second-order valence-corrected chi connectivity index (χ2v) is 11.7. The quantitative estimate of drug-likeness (QED) is 0.247. The number of carbonyl (C=O) groups is 4. The lowest BCUT2D eigenvalue weighted by Gasteiger charge is -2.26. The molecule has 1 fully saturated rings. The summed E-state index contributed by atoms with van der Waals surface area (Å²) in [7, 11) is 0. The van der Waals surface area contributed by atoms with Gasteiger partial charge in [0.2, 0.25) is 5.91 Å². The van der Waals surface area contributed by atoms with Crippen molar-refractivity contribution in [2.24, 2.45) is 0 Å². The molecule has 4 rings (SSSR count). The number of imide groups is 1. The maximum absolute atomic E-state index is 13.9. The molecular formula is C34H38N2O7. The Morgan fingerprint density at radius 1 is 0.977 bits per heavy atom. The molecule has 9 nitrogen and oxygen atoms in total. The minimum absolute atomic E-state index is 0.0405. The van der Waals surface area contributed by atoms with Gasteiger partial charge in [0, 0.05) is 6.54 Å². The van der Waals surface area contributed by atoms with E-state index in [-0.39, 0.29) is 19.8 Å². The Morgan fingerprint density at radius 3 is 2.33 bits per heavy atom. The fourth-order valence-electron chi connectivity index (χ4n) is 4.90. The molecule has 2 unspecified atom stereocenters. The average molecular weight is 587 g/mol. The van der Waals surface area contributed by atoms with Crippen LogP contribution in [0.15, 0.2) is 72.8 Å². The van der Waals surface area contributed by atoms with Crippen LogP contribution in [0.25, 0.3) is 0 Å². The molecule has 1 N–H and O–H groups in total. The third kappa shape index (κ3) is 8.44. The van der Waals surface area contributed by atoms with Crippen LogP contribution in [0, 0.1) is 13.8 Å². The van der Waals surface area contributed by atoms with Crippen molar-refractivity contribution in [3.63, 3.8) is 0 Å². The highest BCUT2D eigenvalue weighted by Gasteiger charge is 2.41. The zero-order chi connectivity index (χ0) is 31.1. The summed E-state index contributed by atoms with van der Waals surface area (Å²) in [4.78, 5) is 52.9. The fourth-order valence-corrected chi connectivity index (χ4v) is 4.90. The molecule has 3 aromatic carbocycles. The molecule has 0 spiro atoms. The lowest BCUT2D eigenvalue weighted by Crippen LogP contribution is -2.46. The molecule has 0 bridgehead atoms. The van der Waals surface area contributed by atoms with E-state index in [9.17, 15) is 19.2 Å². The maximum atomic E-state index is 13.9. The molecule has 9 heteroatoms. The average Bonchev–Trinajstić information content (AvgIpc) is 3.31. The lowest BCUT2D eigenvalue weighted by molar-refractivity contribution is -0.130. The summed E-state index contributed by atoms with van der Waals surface area (Å²) >= 11 is 0. The van der Waals surface area contributed by atoms with E-state index in [1.165, 1.54) is 0 Å². The number of ether oxygens (including phenoxy) is 3. The first-order chi connectivity index (χ1) is 20.4. The smallest absolute Gasteiger partial charge is 0.417 e. The first-order valence-electron chi connectivity index (χ1n) is 14.2. The molecule has 1 aliphatic heterocycles. The number of alkyl carbamates (subject to hydrolysis) is 1. The van der Waals surface area contributed by atoms with Gasteiger partial charge < -0.3 is 19.5 Å². The van der Waals surface area contributed by atoms with E-state index in [0.717, 1.165) is 27.2 Å². The number of esters is 1. The fraction of sp³-hybridized carbons (Fsp3) is 0.353. The molecule has 0 radical (unpaired) electrons. The summed E-state index contributed by atoms with van der Waals surface area (Å²) < 4.78 is 16.2. The standard InChI is InChI=1S/C34H38N2O7/c1-22-11-16-28(23(2)17-22)31(38)41-20-25-12-14-26(15-13-25)29(19-35-32(39)43-34(3,4)5)30(37)36-27(21-42-33(36)40)18-24-9-7-6-8-10-24/h6-17,27,29H,18-21H2,1-5H3,(H,35,39). The van der Waals surface area contributed by atoms with Crippen LogP contribution in [0.5, 0.6) is 0 Å². The van der Waals surface area contributed by atoms with Crippen molar-refractivity contribution in [1.29, 1.82) is 0 Å². The molecule has 1 heterocycles. The highest BCUT2D eigenvalue weighted by atomic mass is 16.6. The van der Waals surface area contributed by atoms with Crippen molar-refractivity contribution < 1.29 is 33.4 Å². The topological polar surface area (TPSA) is 111 Å². The summed E-state index contributed by atoms with van der Waals surface area (Å²) in [6.45, 7) is 9.08. The van der Waals surface area contributed by atoms with Crippen molar-refractivity contribution in [3.05, 3.63) is 106 Å². The van der Waals surface area contributed by atoms with Gasteiger partial charge >= 0.3 is 18.2 Å². The molecule has 1 saturated heterocycles. The summed E-state index contributed by atoms with van der Waals surface area (Å²) in [5, 5.41) is 2.67. The van der Waals surface area contributed by atoms with Crippen LogP contribution in [0.1, 0.15) is 64.9 Å². The van der Waals surface area contributed by atoms with Crippen molar-refractivity contribution in [2.75, 3.05) is 13.2 Å². The van der Waals surface area contributed by atoms with Crippen LogP contribution in [0.2, 0.25) is 0 Å². The predicted octanol–water partition coefficient (Wildman–Crippen LogP) is 5.86. The van der Waals surface area contributed by atoms with Crippen LogP contribution in [0.4, 0.5) is 9.59 Å². The number of cyclic esters (lactones) is 1. The molecule has 0 aromatic heterocycles. The molecule has 3 amide bonds. The summed E-state index contributed by atoms with van der Waals surface area (Å²) in [5.74, 6) is -1.81. The number of nitrogens with one attached hydrogen (secondary N) is 1. The molecule has 0 saturated carbocycles. The van der Waals surface area contributed by atoms with Crippen molar-refractivity contribution in [2.45, 2.75) is 65.2 Å². The predicted molar refractivity (Wildman–Crippen MR) is 161 cm³/mol. The first-order valence-corrected chi connectivity index (χ1v) is 14.2. The van der Waals surface area contributed by atoms with Gasteiger partial charge in [-0.3, -0.25) is 4.79 Å². The molecule has 0 aliphatic carbocycles. The number of aryl methyl sites for hydroxylation is 2. The number of carbonyl (C=O) groups excluding carboxylic acids is 4. The number of benzene rings is 3. The summed E-state index contributed by atoms with van der Waals surface area (Å²) in [6.07, 6.45) is -0.955. The van der Waals surface area contributed by atoms with Gasteiger partial charge in [-0.15, -0.1) is 0 Å². The van der Waals surface area contributed by atoms with Gasteiger partial charge in [0.1, 0.15) is 18.8 Å². The number of nitrogens with zero attached hydrogens (tertiary/aromatic N) is 1. The Balaban J connectivity index is 1.51. The van der Waals surface area contributed by atoms with Crippen molar-refractivity contribution in [3.8, 4) is 0 Å². The maximum Gasteiger partial charge on any atom is 0.417 e. The van der Waals surface area contributed by atoms with E-state index in [2.05, 4.69) is 5.32 Å². The molecule has 3 aromatic rings. The number of hydrogen-bond acceptors (Lipinski definition) is 7. The lowest BCUT2D eigenvalue weighted by atomic mass is 9.95. The van der Waals surface area contributed by atoms with Gasteiger partial charge in [0.25, 0.3) is 0 Å². The second kappa shape index (κ2) is 13.5. The molecule has 2 atom stereocenters. The Labute approximate surface area is 252 Å². The van der Waals surface area contributed by atoms with Crippen LogP contribution in [-0.2, 0) is 32.0 Å². The molecule has 43 heavy (non-hydrogen) atoms. The van der Waals surface area contributed by atoms with Crippen LogP contribution in [0.3, 0.4) is 0 Å². The van der Waals surface area contributed by atoms with E-state index >= 15 is 0 Å². The van der Waals surface area contributed by atoms with E-state index in [1.807, 2.05) is 56.3 Å². The normalized spacial score (nSPS) is 15.4.